The van der Waals surface area contributed by atoms with Crippen molar-refractivity contribution in [2.24, 2.45) is 0 Å². The largest absolute Gasteiger partial charge is 0.478 e. The van der Waals surface area contributed by atoms with Crippen molar-refractivity contribution in [1.82, 2.24) is 9.88 Å². The summed E-state index contributed by atoms with van der Waals surface area (Å²) in [4.78, 5) is 6.40. The zero-order valence-corrected chi connectivity index (χ0v) is 18.3. The van der Waals surface area contributed by atoms with Gasteiger partial charge in [-0.15, -0.1) is 0 Å². The highest BCUT2D eigenvalue weighted by Gasteiger charge is 2.35. The van der Waals surface area contributed by atoms with Gasteiger partial charge in [0.15, 0.2) is 0 Å². The maximum Gasteiger partial charge on any atom is 0.417 e. The maximum absolute atomic E-state index is 13.4. The van der Waals surface area contributed by atoms with Gasteiger partial charge in [0.2, 0.25) is 5.88 Å². The fourth-order valence-electron chi connectivity index (χ4n) is 3.40. The van der Waals surface area contributed by atoms with E-state index in [-0.39, 0.29) is 17.6 Å². The molecule has 1 aromatic carbocycles. The van der Waals surface area contributed by atoms with Crippen molar-refractivity contribution in [3.8, 4) is 5.88 Å². The number of rotatable bonds is 6. The average molecular weight is 424 g/mol. The molecule has 0 unspecified atom stereocenters. The number of nitrogens with one attached hydrogen (secondary N) is 1. The van der Waals surface area contributed by atoms with Gasteiger partial charge in [-0.05, 0) is 45.5 Å². The van der Waals surface area contributed by atoms with Gasteiger partial charge in [-0.3, -0.25) is 0 Å². The monoisotopic (exact) mass is 423 g/mol. The summed E-state index contributed by atoms with van der Waals surface area (Å²) < 4.78 is 45.6. The minimum atomic E-state index is -4.55. The molecule has 0 atom stereocenters. The summed E-state index contributed by atoms with van der Waals surface area (Å²) in [7, 11) is 2.09. The predicted octanol–water partition coefficient (Wildman–Crippen LogP) is 6.13. The lowest BCUT2D eigenvalue weighted by molar-refractivity contribution is -0.0688. The van der Waals surface area contributed by atoms with Gasteiger partial charge in [0.1, 0.15) is 0 Å². The van der Waals surface area contributed by atoms with Crippen molar-refractivity contribution < 1.29 is 17.9 Å². The number of ether oxygens (including phenoxy) is 1. The fraction of sp³-hybridized carbons (Fsp3) is 0.522. The van der Waals surface area contributed by atoms with Gasteiger partial charge < -0.3 is 15.0 Å². The summed E-state index contributed by atoms with van der Waals surface area (Å²) >= 11 is 0. The molecule has 0 saturated carbocycles. The minimum Gasteiger partial charge on any atom is -0.478 e. The first kappa shape index (κ1) is 24.0. The number of aromatic nitrogens is 1. The molecular weight excluding hydrogens is 391 g/mol. The smallest absolute Gasteiger partial charge is 0.417 e. The first-order valence-electron chi connectivity index (χ1n) is 10.6. The third-order valence-electron chi connectivity index (χ3n) is 5.01. The Morgan fingerprint density at radius 2 is 1.90 bits per heavy atom. The lowest BCUT2D eigenvalue weighted by Gasteiger charge is -2.30. The van der Waals surface area contributed by atoms with Crippen LogP contribution < -0.4 is 10.1 Å². The van der Waals surface area contributed by atoms with Crippen LogP contribution in [0.5, 0.6) is 5.88 Å². The first-order chi connectivity index (χ1) is 14.3. The number of halogens is 3. The van der Waals surface area contributed by atoms with Crippen LogP contribution in [-0.4, -0.2) is 48.8 Å². The summed E-state index contributed by atoms with van der Waals surface area (Å²) in [5.74, 6) is 0.187. The predicted molar refractivity (Wildman–Crippen MR) is 118 cm³/mol. The lowest BCUT2D eigenvalue weighted by Crippen LogP contribution is -2.36. The van der Waals surface area contributed by atoms with Crippen LogP contribution in [0.25, 0.3) is 16.3 Å². The Hall–Kier alpha value is -2.28. The van der Waals surface area contributed by atoms with Crippen LogP contribution in [0.15, 0.2) is 30.8 Å². The number of fused-ring (bicyclic) bond motifs is 1. The van der Waals surface area contributed by atoms with E-state index in [4.69, 9.17) is 4.74 Å². The summed E-state index contributed by atoms with van der Waals surface area (Å²) in [5, 5.41) is 4.60. The van der Waals surface area contributed by atoms with E-state index in [9.17, 15) is 13.2 Å². The van der Waals surface area contributed by atoms with E-state index in [1.54, 1.807) is 18.2 Å². The Kier molecular flexibility index (Phi) is 8.53. The molecule has 1 aromatic heterocycles. The number of nitrogens with zero attached hydrogens (tertiary/aromatic N) is 2. The van der Waals surface area contributed by atoms with Gasteiger partial charge in [0, 0.05) is 28.6 Å². The van der Waals surface area contributed by atoms with Crippen molar-refractivity contribution in [1.29, 1.82) is 0 Å². The molecule has 1 N–H and O–H groups in total. The Labute approximate surface area is 177 Å². The van der Waals surface area contributed by atoms with Crippen LogP contribution in [-0.2, 0) is 0 Å². The van der Waals surface area contributed by atoms with Crippen LogP contribution in [0.3, 0.4) is 0 Å². The molecule has 4 nitrogen and oxygen atoms in total. The molecule has 7 heteroatoms. The van der Waals surface area contributed by atoms with E-state index in [0.29, 0.717) is 17.4 Å². The molecule has 0 spiro atoms. The molecule has 2 heterocycles. The molecule has 1 fully saturated rings. The van der Waals surface area contributed by atoms with Crippen molar-refractivity contribution in [2.75, 3.05) is 32.1 Å². The van der Waals surface area contributed by atoms with Crippen molar-refractivity contribution in [3.63, 3.8) is 0 Å². The third-order valence-corrected chi connectivity index (χ3v) is 5.01. The molecule has 1 saturated heterocycles. The first-order valence-corrected chi connectivity index (χ1v) is 10.6. The number of hydrogen-bond acceptors (Lipinski definition) is 4. The highest BCUT2D eigenvalue weighted by atomic mass is 19.4. The number of allylic oxidation sites excluding steroid dienone is 1. The number of anilines is 1. The quantitative estimate of drug-likeness (QED) is 0.606. The van der Waals surface area contributed by atoms with E-state index in [2.05, 4.69) is 28.8 Å². The Balaban J connectivity index is 0.00000155. The molecule has 1 aliphatic rings. The van der Waals surface area contributed by atoms with Crippen LogP contribution in [0, 0.1) is 0 Å². The highest BCUT2D eigenvalue weighted by molar-refractivity contribution is 6.00. The maximum atomic E-state index is 13.4. The zero-order chi connectivity index (χ0) is 22.3. The van der Waals surface area contributed by atoms with Crippen molar-refractivity contribution in [3.05, 3.63) is 36.5 Å². The molecule has 0 radical (unpaired) electrons. The Bertz CT molecular complexity index is 843. The topological polar surface area (TPSA) is 37.4 Å². The summed E-state index contributed by atoms with van der Waals surface area (Å²) in [6.45, 7) is 11.6. The van der Waals surface area contributed by atoms with Gasteiger partial charge in [0.25, 0.3) is 0 Å². The van der Waals surface area contributed by atoms with E-state index in [1.807, 2.05) is 26.8 Å². The molecule has 0 bridgehead atoms. The number of piperidine rings is 1. The molecule has 30 heavy (non-hydrogen) atoms. The lowest BCUT2D eigenvalue weighted by atomic mass is 10.0. The van der Waals surface area contributed by atoms with Gasteiger partial charge in [-0.25, -0.2) is 4.98 Å². The molecule has 1 aliphatic heterocycles. The summed E-state index contributed by atoms with van der Waals surface area (Å²) in [5.41, 5.74) is -0.342. The third kappa shape index (κ3) is 5.88. The molecule has 2 aromatic rings. The van der Waals surface area contributed by atoms with Crippen LogP contribution in [0.4, 0.5) is 18.9 Å². The Morgan fingerprint density at radius 3 is 2.50 bits per heavy atom. The normalized spacial score (nSPS) is 15.4. The molecule has 0 amide bonds. The van der Waals surface area contributed by atoms with Crippen LogP contribution in [0.2, 0.25) is 0 Å². The van der Waals surface area contributed by atoms with E-state index in [1.165, 1.54) is 0 Å². The second-order valence-corrected chi connectivity index (χ2v) is 7.26. The van der Waals surface area contributed by atoms with Gasteiger partial charge >= 0.3 is 6.18 Å². The van der Waals surface area contributed by atoms with E-state index < -0.39 is 11.7 Å². The van der Waals surface area contributed by atoms with Crippen LogP contribution in [0.1, 0.15) is 45.7 Å². The minimum absolute atomic E-state index is 0.178. The highest BCUT2D eigenvalue weighted by Crippen LogP contribution is 2.38. The van der Waals surface area contributed by atoms with Crippen molar-refractivity contribution >= 4 is 22.0 Å². The Morgan fingerprint density at radius 1 is 1.23 bits per heavy atom. The second kappa shape index (κ2) is 10.7. The summed E-state index contributed by atoms with van der Waals surface area (Å²) in [6.07, 6.45) is -1.84. The molecular formula is C23H32F3N3O. The molecule has 0 aliphatic carbocycles. The molecule has 166 valence electrons. The summed E-state index contributed by atoms with van der Waals surface area (Å²) in [6, 6.07) is 7.29. The second-order valence-electron chi connectivity index (χ2n) is 7.26. The van der Waals surface area contributed by atoms with Crippen molar-refractivity contribution in [2.45, 2.75) is 52.3 Å². The zero-order valence-electron chi connectivity index (χ0n) is 18.3. The number of benzene rings is 1. The number of likely N-dealkylation sites (tertiary alicyclic amines) is 1. The van der Waals surface area contributed by atoms with E-state index in [0.717, 1.165) is 38.0 Å². The van der Waals surface area contributed by atoms with Gasteiger partial charge in [-0.1, -0.05) is 39.5 Å². The van der Waals surface area contributed by atoms with E-state index >= 15 is 0 Å². The fourth-order valence-corrected chi connectivity index (χ4v) is 3.40. The number of hydrogen-bond donors (Lipinski definition) is 1. The SMILES string of the molecule is C=C(c1nc(OCCC)cc2c(NC3CCN(C)CC3)cccc12)C(F)(F)F.CC. The standard InChI is InChI=1S/C21H26F3N3O.C2H6/c1-4-12-28-19-13-17-16(20(26-19)14(2)21(22,23)24)6-5-7-18(17)25-15-8-10-27(3)11-9-15;1-2/h5-7,13,15,25H,2,4,8-12H2,1,3H3;1-2H3. The average Bonchev–Trinajstić information content (AvgIpc) is 2.74. The molecule has 3 rings (SSSR count). The number of alkyl halides is 3. The number of pyridine rings is 1. The van der Waals surface area contributed by atoms with Crippen LogP contribution >= 0.6 is 0 Å². The van der Waals surface area contributed by atoms with Gasteiger partial charge in [0.05, 0.1) is 17.9 Å². The van der Waals surface area contributed by atoms with Gasteiger partial charge in [-0.2, -0.15) is 13.2 Å².